The summed E-state index contributed by atoms with van der Waals surface area (Å²) in [4.78, 5) is 19.0. The monoisotopic (exact) mass is 340 g/mol. The van der Waals surface area contributed by atoms with Crippen molar-refractivity contribution >= 4 is 44.3 Å². The van der Waals surface area contributed by atoms with Crippen molar-refractivity contribution in [1.29, 1.82) is 0 Å². The Bertz CT molecular complexity index is 796. The maximum absolute atomic E-state index is 13.6. The van der Waals surface area contributed by atoms with Crippen LogP contribution in [0.25, 0.3) is 21.7 Å². The number of aromatic amines is 1. The molecule has 0 saturated carbocycles. The minimum Gasteiger partial charge on any atom is -0.478 e. The van der Waals surface area contributed by atoms with Crippen LogP contribution in [0.15, 0.2) is 28.1 Å². The van der Waals surface area contributed by atoms with Crippen molar-refractivity contribution < 1.29 is 14.3 Å². The molecule has 4 nitrogen and oxygen atoms in total. The van der Waals surface area contributed by atoms with Gasteiger partial charge in [-0.15, -0.1) is 11.3 Å². The summed E-state index contributed by atoms with van der Waals surface area (Å²) in [6, 6.07) is 4.27. The summed E-state index contributed by atoms with van der Waals surface area (Å²) in [6.45, 7) is 0. The number of carboxylic acid groups (broad SMARTS) is 1. The lowest BCUT2D eigenvalue weighted by Crippen LogP contribution is -1.99. The Kier molecular flexibility index (Phi) is 2.87. The molecule has 2 heterocycles. The molecule has 0 spiro atoms. The summed E-state index contributed by atoms with van der Waals surface area (Å²) < 4.78 is 14.5. The van der Waals surface area contributed by atoms with Gasteiger partial charge in [-0.2, -0.15) is 0 Å². The van der Waals surface area contributed by atoms with E-state index in [0.29, 0.717) is 16.9 Å². The highest BCUT2D eigenvalue weighted by Gasteiger charge is 2.15. The van der Waals surface area contributed by atoms with E-state index in [9.17, 15) is 9.18 Å². The smallest absolute Gasteiger partial charge is 0.338 e. The van der Waals surface area contributed by atoms with Gasteiger partial charge in [0.15, 0.2) is 0 Å². The minimum atomic E-state index is -1.30. The first-order valence-corrected chi connectivity index (χ1v) is 6.89. The molecule has 3 rings (SSSR count). The molecule has 0 radical (unpaired) electrons. The van der Waals surface area contributed by atoms with Gasteiger partial charge in [0.1, 0.15) is 11.6 Å². The maximum atomic E-state index is 13.6. The van der Waals surface area contributed by atoms with E-state index in [1.807, 2.05) is 11.4 Å². The number of aromatic carboxylic acids is 1. The summed E-state index contributed by atoms with van der Waals surface area (Å²) in [5.41, 5.74) is 0.516. The highest BCUT2D eigenvalue weighted by atomic mass is 79.9. The van der Waals surface area contributed by atoms with Crippen LogP contribution in [0, 0.1) is 5.82 Å². The van der Waals surface area contributed by atoms with Crippen LogP contribution in [-0.2, 0) is 0 Å². The number of aromatic nitrogens is 2. The van der Waals surface area contributed by atoms with E-state index in [0.717, 1.165) is 15.4 Å². The van der Waals surface area contributed by atoms with Crippen molar-refractivity contribution in [1.82, 2.24) is 9.97 Å². The number of fused-ring (bicyclic) bond motifs is 1. The van der Waals surface area contributed by atoms with Crippen molar-refractivity contribution in [3.8, 4) is 10.7 Å². The van der Waals surface area contributed by atoms with Gasteiger partial charge >= 0.3 is 5.97 Å². The molecule has 0 aliphatic carbocycles. The molecule has 96 valence electrons. The predicted molar refractivity (Wildman–Crippen MR) is 74.0 cm³/mol. The average molecular weight is 341 g/mol. The molecule has 0 amide bonds. The number of carbonyl (C=O) groups is 1. The number of imidazole rings is 1. The predicted octanol–water partition coefficient (Wildman–Crippen LogP) is 3.89. The summed E-state index contributed by atoms with van der Waals surface area (Å²) >= 11 is 4.88. The van der Waals surface area contributed by atoms with E-state index in [4.69, 9.17) is 5.11 Å². The van der Waals surface area contributed by atoms with Crippen LogP contribution in [0.1, 0.15) is 10.4 Å². The minimum absolute atomic E-state index is 0.379. The van der Waals surface area contributed by atoms with E-state index in [1.54, 1.807) is 0 Å². The molecule has 1 aromatic carbocycles. The standard InChI is InChI=1S/C12H6BrFN2O2S/c13-6-1-2-19-10(6)11-15-8-3-5(12(17)18)7(14)4-9(8)16-11/h1-4H,(H,15,16)(H,17,18). The van der Waals surface area contributed by atoms with Crippen molar-refractivity contribution in [2.75, 3.05) is 0 Å². The molecule has 0 aliphatic heterocycles. The fourth-order valence-electron chi connectivity index (χ4n) is 1.76. The Hall–Kier alpha value is -1.73. The zero-order valence-electron chi connectivity index (χ0n) is 9.28. The maximum Gasteiger partial charge on any atom is 0.338 e. The van der Waals surface area contributed by atoms with E-state index >= 15 is 0 Å². The highest BCUT2D eigenvalue weighted by molar-refractivity contribution is 9.10. The Morgan fingerprint density at radius 1 is 1.47 bits per heavy atom. The number of hydrogen-bond acceptors (Lipinski definition) is 3. The largest absolute Gasteiger partial charge is 0.478 e. The van der Waals surface area contributed by atoms with Crippen LogP contribution in [0.2, 0.25) is 0 Å². The molecule has 7 heteroatoms. The number of H-pyrrole nitrogens is 1. The first kappa shape index (κ1) is 12.3. The number of rotatable bonds is 2. The molecule has 0 bridgehead atoms. The van der Waals surface area contributed by atoms with Crippen molar-refractivity contribution in [3.63, 3.8) is 0 Å². The third-order valence-electron chi connectivity index (χ3n) is 2.63. The second kappa shape index (κ2) is 4.43. The van der Waals surface area contributed by atoms with E-state index < -0.39 is 11.8 Å². The van der Waals surface area contributed by atoms with Gasteiger partial charge in [0.05, 0.1) is 21.5 Å². The number of thiophene rings is 1. The Balaban J connectivity index is 2.21. The van der Waals surface area contributed by atoms with Crippen LogP contribution in [0.3, 0.4) is 0 Å². The lowest BCUT2D eigenvalue weighted by Gasteiger charge is -1.95. The first-order chi connectivity index (χ1) is 9.06. The number of nitrogens with one attached hydrogen (secondary N) is 1. The quantitative estimate of drug-likeness (QED) is 0.743. The Morgan fingerprint density at radius 2 is 2.26 bits per heavy atom. The van der Waals surface area contributed by atoms with Gasteiger partial charge in [0, 0.05) is 10.5 Å². The zero-order valence-corrected chi connectivity index (χ0v) is 11.7. The van der Waals surface area contributed by atoms with Gasteiger partial charge in [-0.3, -0.25) is 0 Å². The first-order valence-electron chi connectivity index (χ1n) is 5.22. The van der Waals surface area contributed by atoms with Crippen molar-refractivity contribution in [2.45, 2.75) is 0 Å². The molecular weight excluding hydrogens is 335 g/mol. The molecule has 0 unspecified atom stereocenters. The van der Waals surface area contributed by atoms with Crippen LogP contribution >= 0.6 is 27.3 Å². The van der Waals surface area contributed by atoms with Crippen molar-refractivity contribution in [3.05, 3.63) is 39.4 Å². The number of benzene rings is 1. The van der Waals surface area contributed by atoms with E-state index in [-0.39, 0.29) is 5.56 Å². The molecule has 0 atom stereocenters. The number of hydrogen-bond donors (Lipinski definition) is 2. The summed E-state index contributed by atoms with van der Waals surface area (Å²) in [7, 11) is 0. The van der Waals surface area contributed by atoms with Crippen LogP contribution in [0.5, 0.6) is 0 Å². The van der Waals surface area contributed by atoms with E-state index in [2.05, 4.69) is 25.9 Å². The lowest BCUT2D eigenvalue weighted by molar-refractivity contribution is 0.0692. The van der Waals surface area contributed by atoms with E-state index in [1.165, 1.54) is 17.4 Å². The lowest BCUT2D eigenvalue weighted by atomic mass is 10.2. The fourth-order valence-corrected chi connectivity index (χ4v) is 3.27. The zero-order chi connectivity index (χ0) is 13.6. The summed E-state index contributed by atoms with van der Waals surface area (Å²) in [6.07, 6.45) is 0. The summed E-state index contributed by atoms with van der Waals surface area (Å²) in [5, 5.41) is 10.8. The third-order valence-corrected chi connectivity index (χ3v) is 4.48. The molecule has 19 heavy (non-hydrogen) atoms. The second-order valence-corrected chi connectivity index (χ2v) is 5.61. The number of nitrogens with zero attached hydrogens (tertiary/aromatic N) is 1. The molecule has 0 fully saturated rings. The van der Waals surface area contributed by atoms with Gasteiger partial charge < -0.3 is 10.1 Å². The van der Waals surface area contributed by atoms with Gasteiger partial charge in [0.25, 0.3) is 0 Å². The molecule has 3 aromatic rings. The van der Waals surface area contributed by atoms with Crippen LogP contribution < -0.4 is 0 Å². The SMILES string of the molecule is O=C(O)c1cc2nc(-c3sccc3Br)[nH]c2cc1F. The average Bonchev–Trinajstić information content (AvgIpc) is 2.92. The number of halogens is 2. The van der Waals surface area contributed by atoms with Gasteiger partial charge in [-0.25, -0.2) is 14.2 Å². The molecule has 0 saturated heterocycles. The molecule has 2 aromatic heterocycles. The van der Waals surface area contributed by atoms with Crippen molar-refractivity contribution in [2.24, 2.45) is 0 Å². The summed E-state index contributed by atoms with van der Waals surface area (Å²) in [5.74, 6) is -1.50. The normalized spacial score (nSPS) is 11.1. The molecular formula is C12H6BrFN2O2S. The second-order valence-electron chi connectivity index (χ2n) is 3.84. The van der Waals surface area contributed by atoms with Crippen LogP contribution in [0.4, 0.5) is 4.39 Å². The Morgan fingerprint density at radius 3 is 2.89 bits per heavy atom. The molecule has 2 N–H and O–H groups in total. The van der Waals surface area contributed by atoms with Crippen LogP contribution in [-0.4, -0.2) is 21.0 Å². The Labute approximate surface area is 119 Å². The third kappa shape index (κ3) is 2.04. The topological polar surface area (TPSA) is 66.0 Å². The fraction of sp³-hybridized carbons (Fsp3) is 0. The number of carboxylic acids is 1. The van der Waals surface area contributed by atoms with Gasteiger partial charge in [-0.1, -0.05) is 0 Å². The highest BCUT2D eigenvalue weighted by Crippen LogP contribution is 2.33. The molecule has 0 aliphatic rings. The van der Waals surface area contributed by atoms with Gasteiger partial charge in [0.2, 0.25) is 0 Å². The van der Waals surface area contributed by atoms with Gasteiger partial charge in [-0.05, 0) is 33.4 Å².